The molecule has 0 unspecified atom stereocenters. The Morgan fingerprint density at radius 2 is 1.59 bits per heavy atom. The van der Waals surface area contributed by atoms with Crippen LogP contribution >= 0.6 is 0 Å². The Morgan fingerprint density at radius 3 is 2.15 bits per heavy atom. The van der Waals surface area contributed by atoms with Gasteiger partial charge in [-0.05, 0) is 108 Å². The van der Waals surface area contributed by atoms with Crippen LogP contribution in [0.3, 0.4) is 0 Å². The van der Waals surface area contributed by atoms with E-state index < -0.39 is 23.7 Å². The lowest BCUT2D eigenvalue weighted by atomic mass is 9.50. The third-order valence-corrected chi connectivity index (χ3v) is 8.12. The van der Waals surface area contributed by atoms with Crippen molar-refractivity contribution in [3.63, 3.8) is 0 Å². The summed E-state index contributed by atoms with van der Waals surface area (Å²) in [5.74, 6) is 2.28. The quantitative estimate of drug-likeness (QED) is 0.208. The SMILES string of the molecule is CCOC(=O)CCCOc1ccc(C[C@H](NC(=O)OCC23CC4CC(CC(C4)C2)C3)C(=O)OC(C)(C)C)cc1. The average molecular weight is 544 g/mol. The second kappa shape index (κ2) is 12.6. The highest BCUT2D eigenvalue weighted by Gasteiger charge is 2.51. The predicted octanol–water partition coefficient (Wildman–Crippen LogP) is 5.60. The van der Waals surface area contributed by atoms with Gasteiger partial charge < -0.3 is 24.3 Å². The van der Waals surface area contributed by atoms with Crippen molar-refractivity contribution in [2.75, 3.05) is 19.8 Å². The second-order valence-electron chi connectivity index (χ2n) is 12.8. The third-order valence-electron chi connectivity index (χ3n) is 8.12. The number of nitrogens with one attached hydrogen (secondary N) is 1. The molecule has 8 heteroatoms. The molecule has 4 aliphatic rings. The standard InChI is InChI=1S/C31H45NO7/c1-5-36-27(33)7-6-12-37-25-10-8-21(9-11-25)16-26(28(34)39-30(2,3)4)32-29(35)38-20-31-17-22-13-23(18-31)15-24(14-22)19-31/h8-11,22-24,26H,5-7,12-20H2,1-4H3,(H,32,35)/t22?,23?,24?,26-,31?/m0/s1. The van der Waals surface area contributed by atoms with Gasteiger partial charge in [-0.3, -0.25) is 4.79 Å². The molecule has 4 fully saturated rings. The van der Waals surface area contributed by atoms with Crippen LogP contribution in [-0.4, -0.2) is 49.5 Å². The Balaban J connectivity index is 1.30. The van der Waals surface area contributed by atoms with Gasteiger partial charge in [0, 0.05) is 18.3 Å². The molecule has 4 saturated carbocycles. The van der Waals surface area contributed by atoms with Crippen molar-refractivity contribution in [2.24, 2.45) is 23.2 Å². The molecule has 0 aliphatic heterocycles. The van der Waals surface area contributed by atoms with E-state index in [1.165, 1.54) is 19.3 Å². The van der Waals surface area contributed by atoms with Gasteiger partial charge in [-0.25, -0.2) is 9.59 Å². The minimum absolute atomic E-state index is 0.111. The van der Waals surface area contributed by atoms with Gasteiger partial charge in [0.1, 0.15) is 17.4 Å². The molecule has 1 aromatic carbocycles. The number of carbonyl (C=O) groups is 3. The summed E-state index contributed by atoms with van der Waals surface area (Å²) in [6.07, 6.45) is 8.05. The van der Waals surface area contributed by atoms with E-state index in [0.717, 1.165) is 42.6 Å². The fourth-order valence-electron chi connectivity index (χ4n) is 7.03. The van der Waals surface area contributed by atoms with Gasteiger partial charge >= 0.3 is 18.0 Å². The average Bonchev–Trinajstić information content (AvgIpc) is 2.84. The number of hydrogen-bond donors (Lipinski definition) is 1. The Kier molecular flexibility index (Phi) is 9.44. The van der Waals surface area contributed by atoms with Crippen LogP contribution in [0.1, 0.15) is 84.6 Å². The Labute approximate surface area is 232 Å². The second-order valence-corrected chi connectivity index (χ2v) is 12.8. The maximum atomic E-state index is 13.0. The van der Waals surface area contributed by atoms with E-state index in [9.17, 15) is 14.4 Å². The van der Waals surface area contributed by atoms with Crippen molar-refractivity contribution in [2.45, 2.75) is 97.1 Å². The Morgan fingerprint density at radius 1 is 0.974 bits per heavy atom. The Hall–Kier alpha value is -2.77. The molecule has 1 amide bonds. The molecule has 0 spiro atoms. The van der Waals surface area contributed by atoms with Crippen LogP contribution < -0.4 is 10.1 Å². The molecule has 0 radical (unpaired) electrons. The third kappa shape index (κ3) is 8.61. The zero-order chi connectivity index (χ0) is 28.0. The van der Waals surface area contributed by atoms with Crippen LogP contribution in [-0.2, 0) is 30.2 Å². The summed E-state index contributed by atoms with van der Waals surface area (Å²) in [6.45, 7) is 8.40. The Bertz CT molecular complexity index is 962. The number of rotatable bonds is 12. The first-order chi connectivity index (χ1) is 18.5. The van der Waals surface area contributed by atoms with Gasteiger partial charge in [0.05, 0.1) is 19.8 Å². The normalized spacial score (nSPS) is 26.0. The maximum absolute atomic E-state index is 13.0. The molecule has 39 heavy (non-hydrogen) atoms. The summed E-state index contributed by atoms with van der Waals surface area (Å²) >= 11 is 0. The number of hydrogen-bond acceptors (Lipinski definition) is 7. The predicted molar refractivity (Wildman–Crippen MR) is 146 cm³/mol. The van der Waals surface area contributed by atoms with E-state index >= 15 is 0 Å². The summed E-state index contributed by atoms with van der Waals surface area (Å²) in [5.41, 5.74) is 0.284. The van der Waals surface area contributed by atoms with Gasteiger partial charge in [-0.2, -0.15) is 0 Å². The minimum atomic E-state index is -0.871. The summed E-state index contributed by atoms with van der Waals surface area (Å²) in [6, 6.07) is 6.49. The number of esters is 2. The molecule has 1 atom stereocenters. The fourth-order valence-corrected chi connectivity index (χ4v) is 7.03. The summed E-state index contributed by atoms with van der Waals surface area (Å²) in [4.78, 5) is 37.4. The highest BCUT2D eigenvalue weighted by Crippen LogP contribution is 2.60. The summed E-state index contributed by atoms with van der Waals surface area (Å²) in [7, 11) is 0. The molecule has 0 saturated heterocycles. The molecule has 1 N–H and O–H groups in total. The smallest absolute Gasteiger partial charge is 0.407 e. The first-order valence-electron chi connectivity index (χ1n) is 14.6. The van der Waals surface area contributed by atoms with Crippen molar-refractivity contribution in [1.29, 1.82) is 0 Å². The van der Waals surface area contributed by atoms with Crippen LogP contribution in [0.2, 0.25) is 0 Å². The molecule has 0 aromatic heterocycles. The first-order valence-corrected chi connectivity index (χ1v) is 14.6. The van der Waals surface area contributed by atoms with E-state index in [2.05, 4.69) is 5.32 Å². The monoisotopic (exact) mass is 543 g/mol. The van der Waals surface area contributed by atoms with Crippen LogP contribution in [0, 0.1) is 23.2 Å². The molecule has 8 nitrogen and oxygen atoms in total. The molecular weight excluding hydrogens is 498 g/mol. The van der Waals surface area contributed by atoms with E-state index in [1.807, 2.05) is 24.3 Å². The molecule has 216 valence electrons. The molecule has 0 heterocycles. The van der Waals surface area contributed by atoms with Gasteiger partial charge in [-0.15, -0.1) is 0 Å². The van der Waals surface area contributed by atoms with Crippen LogP contribution in [0.4, 0.5) is 4.79 Å². The van der Waals surface area contributed by atoms with Gasteiger partial charge in [0.15, 0.2) is 0 Å². The zero-order valence-corrected chi connectivity index (χ0v) is 24.0. The van der Waals surface area contributed by atoms with E-state index in [1.54, 1.807) is 27.7 Å². The van der Waals surface area contributed by atoms with E-state index in [0.29, 0.717) is 38.4 Å². The molecule has 5 rings (SSSR count). The van der Waals surface area contributed by atoms with Crippen molar-refractivity contribution >= 4 is 18.0 Å². The molecular formula is C31H45NO7. The lowest BCUT2D eigenvalue weighted by Gasteiger charge is -2.56. The fraction of sp³-hybridized carbons (Fsp3) is 0.710. The minimum Gasteiger partial charge on any atom is -0.494 e. The lowest BCUT2D eigenvalue weighted by molar-refractivity contribution is -0.157. The molecule has 1 aromatic rings. The van der Waals surface area contributed by atoms with Crippen molar-refractivity contribution in [1.82, 2.24) is 5.32 Å². The summed E-state index contributed by atoms with van der Waals surface area (Å²) < 4.78 is 22.0. The van der Waals surface area contributed by atoms with E-state index in [-0.39, 0.29) is 17.8 Å². The van der Waals surface area contributed by atoms with Crippen LogP contribution in [0.15, 0.2) is 24.3 Å². The van der Waals surface area contributed by atoms with Crippen molar-refractivity contribution < 1.29 is 33.3 Å². The lowest BCUT2D eigenvalue weighted by Crippen LogP contribution is -2.50. The zero-order valence-electron chi connectivity index (χ0n) is 24.0. The van der Waals surface area contributed by atoms with Crippen LogP contribution in [0.5, 0.6) is 5.75 Å². The number of benzene rings is 1. The maximum Gasteiger partial charge on any atom is 0.407 e. The van der Waals surface area contributed by atoms with Crippen molar-refractivity contribution in [3.8, 4) is 5.75 Å². The van der Waals surface area contributed by atoms with Gasteiger partial charge in [0.2, 0.25) is 0 Å². The van der Waals surface area contributed by atoms with Gasteiger partial charge in [-0.1, -0.05) is 12.1 Å². The topological polar surface area (TPSA) is 100 Å². The van der Waals surface area contributed by atoms with Crippen molar-refractivity contribution in [3.05, 3.63) is 29.8 Å². The van der Waals surface area contributed by atoms with Gasteiger partial charge in [0.25, 0.3) is 0 Å². The van der Waals surface area contributed by atoms with Crippen LogP contribution in [0.25, 0.3) is 0 Å². The highest BCUT2D eigenvalue weighted by molar-refractivity contribution is 5.82. The molecule has 4 aliphatic carbocycles. The number of ether oxygens (including phenoxy) is 4. The number of amides is 1. The first kappa shape index (κ1) is 29.2. The highest BCUT2D eigenvalue weighted by atomic mass is 16.6. The number of carbonyl (C=O) groups excluding carboxylic acids is 3. The largest absolute Gasteiger partial charge is 0.494 e. The van der Waals surface area contributed by atoms with E-state index in [4.69, 9.17) is 18.9 Å². The summed E-state index contributed by atoms with van der Waals surface area (Å²) in [5, 5.41) is 2.79. The molecule has 4 bridgehead atoms. The number of alkyl carbamates (subject to hydrolysis) is 1.